The van der Waals surface area contributed by atoms with Crippen LogP contribution in [0.2, 0.25) is 5.02 Å². The maximum absolute atomic E-state index is 6.15. The molecule has 0 radical (unpaired) electrons. The molecule has 0 amide bonds. The molecule has 112 valence electrons. The first-order valence-corrected chi connectivity index (χ1v) is 7.27. The van der Waals surface area contributed by atoms with E-state index >= 15 is 0 Å². The van der Waals surface area contributed by atoms with Crippen LogP contribution >= 0.6 is 11.6 Å². The van der Waals surface area contributed by atoms with Gasteiger partial charge < -0.3 is 14.8 Å². The third-order valence-corrected chi connectivity index (χ3v) is 3.87. The van der Waals surface area contributed by atoms with Gasteiger partial charge in [0.1, 0.15) is 11.5 Å². The zero-order valence-electron chi connectivity index (χ0n) is 12.1. The van der Waals surface area contributed by atoms with Crippen molar-refractivity contribution >= 4 is 11.6 Å². The summed E-state index contributed by atoms with van der Waals surface area (Å²) in [6.07, 6.45) is 6.14. The Morgan fingerprint density at radius 2 is 2.05 bits per heavy atom. The average molecular weight is 308 g/mol. The summed E-state index contributed by atoms with van der Waals surface area (Å²) in [4.78, 5) is 4.24. The Morgan fingerprint density at radius 1 is 1.29 bits per heavy atom. The lowest BCUT2D eigenvalue weighted by Crippen LogP contribution is -2.17. The number of imidazole rings is 1. The SMILES string of the molecule is COc1cc(-n2cncc2CNC2CC2)c(OC)cc1Cl. The lowest BCUT2D eigenvalue weighted by Gasteiger charge is -2.15. The van der Waals surface area contributed by atoms with Gasteiger partial charge in [0.05, 0.1) is 37.0 Å². The van der Waals surface area contributed by atoms with E-state index in [1.54, 1.807) is 26.6 Å². The zero-order chi connectivity index (χ0) is 14.8. The summed E-state index contributed by atoms with van der Waals surface area (Å²) in [6, 6.07) is 4.27. The molecule has 1 saturated carbocycles. The number of rotatable bonds is 6. The fraction of sp³-hybridized carbons (Fsp3) is 0.400. The number of benzene rings is 1. The second-order valence-corrected chi connectivity index (χ2v) is 5.48. The topological polar surface area (TPSA) is 48.3 Å². The Balaban J connectivity index is 1.96. The fourth-order valence-electron chi connectivity index (χ4n) is 2.24. The molecule has 1 N–H and O–H groups in total. The lowest BCUT2D eigenvalue weighted by atomic mass is 10.2. The minimum absolute atomic E-state index is 0.524. The molecule has 0 aliphatic heterocycles. The van der Waals surface area contributed by atoms with E-state index in [4.69, 9.17) is 21.1 Å². The van der Waals surface area contributed by atoms with Gasteiger partial charge in [-0.1, -0.05) is 11.6 Å². The van der Waals surface area contributed by atoms with Gasteiger partial charge in [-0.3, -0.25) is 4.57 Å². The first-order valence-electron chi connectivity index (χ1n) is 6.89. The summed E-state index contributed by atoms with van der Waals surface area (Å²) in [5.41, 5.74) is 1.94. The maximum Gasteiger partial charge on any atom is 0.144 e. The molecule has 1 fully saturated rings. The van der Waals surface area contributed by atoms with Crippen molar-refractivity contribution in [3.8, 4) is 17.2 Å². The van der Waals surface area contributed by atoms with Gasteiger partial charge in [0, 0.05) is 30.9 Å². The molecule has 0 atom stereocenters. The Labute approximate surface area is 128 Å². The fourth-order valence-corrected chi connectivity index (χ4v) is 2.47. The van der Waals surface area contributed by atoms with Gasteiger partial charge in [0.2, 0.25) is 0 Å². The third kappa shape index (κ3) is 2.99. The van der Waals surface area contributed by atoms with E-state index < -0.39 is 0 Å². The second kappa shape index (κ2) is 5.95. The minimum atomic E-state index is 0.524. The molecule has 2 aromatic rings. The van der Waals surface area contributed by atoms with Crippen LogP contribution in [0.1, 0.15) is 18.5 Å². The number of ether oxygens (including phenoxy) is 2. The van der Waals surface area contributed by atoms with E-state index in [0.717, 1.165) is 17.9 Å². The molecule has 0 spiro atoms. The first-order chi connectivity index (χ1) is 10.2. The van der Waals surface area contributed by atoms with Crippen molar-refractivity contribution in [1.82, 2.24) is 14.9 Å². The minimum Gasteiger partial charge on any atom is -0.495 e. The highest BCUT2D eigenvalue weighted by Gasteiger charge is 2.21. The van der Waals surface area contributed by atoms with E-state index in [-0.39, 0.29) is 0 Å². The normalized spacial score (nSPS) is 14.2. The van der Waals surface area contributed by atoms with E-state index in [2.05, 4.69) is 10.3 Å². The van der Waals surface area contributed by atoms with Crippen molar-refractivity contribution in [1.29, 1.82) is 0 Å². The van der Waals surface area contributed by atoms with E-state index in [1.165, 1.54) is 12.8 Å². The molecule has 6 heteroatoms. The number of nitrogens with zero attached hydrogens (tertiary/aromatic N) is 2. The summed E-state index contributed by atoms with van der Waals surface area (Å²) >= 11 is 6.15. The van der Waals surface area contributed by atoms with Crippen LogP contribution in [0.15, 0.2) is 24.7 Å². The standard InChI is InChI=1S/C15H18ClN3O2/c1-20-14-6-13(15(21-2)5-12(14)16)19-9-17-7-11(19)8-18-10-3-4-10/h5-7,9-10,18H,3-4,8H2,1-2H3. The van der Waals surface area contributed by atoms with Gasteiger partial charge in [-0.2, -0.15) is 0 Å². The number of halogens is 1. The highest BCUT2D eigenvalue weighted by atomic mass is 35.5. The van der Waals surface area contributed by atoms with Crippen LogP contribution in [-0.2, 0) is 6.54 Å². The van der Waals surface area contributed by atoms with Crippen molar-refractivity contribution < 1.29 is 9.47 Å². The molecule has 1 aliphatic rings. The first kappa shape index (κ1) is 14.2. The van der Waals surface area contributed by atoms with Gasteiger partial charge in [0.25, 0.3) is 0 Å². The highest BCUT2D eigenvalue weighted by molar-refractivity contribution is 6.32. The van der Waals surface area contributed by atoms with Crippen LogP contribution in [0, 0.1) is 0 Å². The third-order valence-electron chi connectivity index (χ3n) is 3.58. The molecule has 0 bridgehead atoms. The summed E-state index contributed by atoms with van der Waals surface area (Å²) < 4.78 is 12.7. The molecule has 1 aromatic carbocycles. The van der Waals surface area contributed by atoms with Crippen LogP contribution in [0.3, 0.4) is 0 Å². The molecule has 5 nitrogen and oxygen atoms in total. The second-order valence-electron chi connectivity index (χ2n) is 5.07. The average Bonchev–Trinajstić information content (AvgIpc) is 3.22. The van der Waals surface area contributed by atoms with Crippen molar-refractivity contribution in [2.45, 2.75) is 25.4 Å². The van der Waals surface area contributed by atoms with Gasteiger partial charge >= 0.3 is 0 Å². The van der Waals surface area contributed by atoms with Crippen molar-refractivity contribution in [3.63, 3.8) is 0 Å². The number of aromatic nitrogens is 2. The van der Waals surface area contributed by atoms with Gasteiger partial charge in [-0.05, 0) is 12.8 Å². The van der Waals surface area contributed by atoms with Crippen molar-refractivity contribution in [2.24, 2.45) is 0 Å². The zero-order valence-corrected chi connectivity index (χ0v) is 12.9. The number of hydrogen-bond donors (Lipinski definition) is 1. The van der Waals surface area contributed by atoms with E-state index in [1.807, 2.05) is 16.8 Å². The summed E-state index contributed by atoms with van der Waals surface area (Å²) in [7, 11) is 3.22. The smallest absolute Gasteiger partial charge is 0.144 e. The predicted octanol–water partition coefficient (Wildman–Crippen LogP) is 2.79. The number of methoxy groups -OCH3 is 2. The Bertz CT molecular complexity index is 638. The number of hydrogen-bond acceptors (Lipinski definition) is 4. The van der Waals surface area contributed by atoms with E-state index in [0.29, 0.717) is 22.6 Å². The largest absolute Gasteiger partial charge is 0.495 e. The molecular formula is C15H18ClN3O2. The monoisotopic (exact) mass is 307 g/mol. The maximum atomic E-state index is 6.15. The number of nitrogens with one attached hydrogen (secondary N) is 1. The lowest BCUT2D eigenvalue weighted by molar-refractivity contribution is 0.401. The highest BCUT2D eigenvalue weighted by Crippen LogP contribution is 2.35. The van der Waals surface area contributed by atoms with Gasteiger partial charge in [0.15, 0.2) is 0 Å². The summed E-state index contributed by atoms with van der Waals surface area (Å²) in [5.74, 6) is 1.30. The van der Waals surface area contributed by atoms with Crippen LogP contribution < -0.4 is 14.8 Å². The Hall–Kier alpha value is -1.72. The van der Waals surface area contributed by atoms with Crippen LogP contribution in [0.5, 0.6) is 11.5 Å². The quantitative estimate of drug-likeness (QED) is 0.891. The van der Waals surface area contributed by atoms with E-state index in [9.17, 15) is 0 Å². The molecule has 3 rings (SSSR count). The molecule has 21 heavy (non-hydrogen) atoms. The molecule has 1 heterocycles. The van der Waals surface area contributed by atoms with Crippen LogP contribution in [0.25, 0.3) is 5.69 Å². The van der Waals surface area contributed by atoms with Crippen molar-refractivity contribution in [2.75, 3.05) is 14.2 Å². The van der Waals surface area contributed by atoms with Gasteiger partial charge in [-0.25, -0.2) is 4.98 Å². The van der Waals surface area contributed by atoms with Crippen molar-refractivity contribution in [3.05, 3.63) is 35.4 Å². The molecule has 0 unspecified atom stereocenters. The molecular weight excluding hydrogens is 290 g/mol. The molecule has 1 aliphatic carbocycles. The molecule has 1 aromatic heterocycles. The Kier molecular flexibility index (Phi) is 4.03. The molecule has 0 saturated heterocycles. The summed E-state index contributed by atoms with van der Waals surface area (Å²) in [5, 5.41) is 4.01. The van der Waals surface area contributed by atoms with Crippen LogP contribution in [-0.4, -0.2) is 29.8 Å². The predicted molar refractivity (Wildman–Crippen MR) is 81.5 cm³/mol. The van der Waals surface area contributed by atoms with Crippen LogP contribution in [0.4, 0.5) is 0 Å². The van der Waals surface area contributed by atoms with Gasteiger partial charge in [-0.15, -0.1) is 0 Å². The summed E-state index contributed by atoms with van der Waals surface area (Å²) in [6.45, 7) is 0.777. The Morgan fingerprint density at radius 3 is 2.71 bits per heavy atom.